The van der Waals surface area contributed by atoms with Crippen LogP contribution in [0.25, 0.3) is 11.3 Å². The number of hydrogen-bond donors (Lipinski definition) is 2. The van der Waals surface area contributed by atoms with E-state index in [-0.39, 0.29) is 11.8 Å². The summed E-state index contributed by atoms with van der Waals surface area (Å²) in [4.78, 5) is 23.7. The van der Waals surface area contributed by atoms with Crippen molar-refractivity contribution in [3.05, 3.63) is 77.2 Å². The fraction of sp³-hybridized carbons (Fsp3) is 0.357. The van der Waals surface area contributed by atoms with Gasteiger partial charge in [0, 0.05) is 56.8 Å². The fourth-order valence-electron chi connectivity index (χ4n) is 4.06. The van der Waals surface area contributed by atoms with Crippen LogP contribution in [0.1, 0.15) is 36.4 Å². The summed E-state index contributed by atoms with van der Waals surface area (Å²) >= 11 is 0. The molecule has 0 atom stereocenters. The van der Waals surface area contributed by atoms with Gasteiger partial charge in [0.25, 0.3) is 0 Å². The molecule has 0 aliphatic carbocycles. The maximum absolute atomic E-state index is 12.0. The summed E-state index contributed by atoms with van der Waals surface area (Å²) in [6, 6.07) is 18.1. The number of carbonyl (C=O) groups excluding carboxylic acids is 1. The highest BCUT2D eigenvalue weighted by molar-refractivity contribution is 5.93. The summed E-state index contributed by atoms with van der Waals surface area (Å²) in [5.74, 6) is 0.451. The van der Waals surface area contributed by atoms with Crippen molar-refractivity contribution in [1.29, 1.82) is 5.26 Å². The Balaban J connectivity index is 1.41. The van der Waals surface area contributed by atoms with E-state index in [1.165, 1.54) is 5.56 Å². The molecular weight excluding hydrogens is 436 g/mol. The van der Waals surface area contributed by atoms with Crippen molar-refractivity contribution in [2.45, 2.75) is 26.7 Å². The summed E-state index contributed by atoms with van der Waals surface area (Å²) in [6.45, 7) is 9.13. The van der Waals surface area contributed by atoms with Crippen molar-refractivity contribution in [1.82, 2.24) is 20.2 Å². The Hall–Kier alpha value is -3.60. The molecule has 1 saturated heterocycles. The van der Waals surface area contributed by atoms with Crippen LogP contribution >= 0.6 is 0 Å². The fourth-order valence-corrected chi connectivity index (χ4v) is 4.06. The molecule has 1 aliphatic heterocycles. The van der Waals surface area contributed by atoms with Crippen LogP contribution in [0.15, 0.2) is 54.7 Å². The van der Waals surface area contributed by atoms with Crippen LogP contribution in [0.3, 0.4) is 0 Å². The van der Waals surface area contributed by atoms with Crippen LogP contribution in [0.2, 0.25) is 0 Å². The van der Waals surface area contributed by atoms with E-state index in [9.17, 15) is 10.1 Å². The molecule has 2 N–H and O–H groups in total. The molecule has 1 amide bonds. The van der Waals surface area contributed by atoms with E-state index < -0.39 is 0 Å². The van der Waals surface area contributed by atoms with Gasteiger partial charge in [-0.05, 0) is 35.7 Å². The third-order valence-electron chi connectivity index (χ3n) is 6.24. The van der Waals surface area contributed by atoms with E-state index in [0.717, 1.165) is 61.8 Å². The van der Waals surface area contributed by atoms with Gasteiger partial charge in [0.05, 0.1) is 16.9 Å². The van der Waals surface area contributed by atoms with Crippen LogP contribution in [0.4, 0.5) is 5.69 Å². The van der Waals surface area contributed by atoms with Crippen LogP contribution in [0.5, 0.6) is 0 Å². The molecule has 1 fully saturated rings. The lowest BCUT2D eigenvalue weighted by atomic mass is 10.0. The number of aromatic nitrogens is 2. The van der Waals surface area contributed by atoms with Crippen molar-refractivity contribution < 1.29 is 4.79 Å². The Morgan fingerprint density at radius 1 is 1.11 bits per heavy atom. The molecule has 0 unspecified atom stereocenters. The Morgan fingerprint density at radius 3 is 2.57 bits per heavy atom. The minimum absolute atomic E-state index is 0.117. The number of nitriles is 1. The normalized spacial score (nSPS) is 14.0. The molecule has 2 heterocycles. The Morgan fingerprint density at radius 2 is 1.86 bits per heavy atom. The van der Waals surface area contributed by atoms with Gasteiger partial charge in [0.1, 0.15) is 11.9 Å². The second kappa shape index (κ2) is 11.7. The zero-order valence-corrected chi connectivity index (χ0v) is 20.4. The van der Waals surface area contributed by atoms with Gasteiger partial charge in [0.2, 0.25) is 5.91 Å². The van der Waals surface area contributed by atoms with Gasteiger partial charge in [0.15, 0.2) is 0 Å². The number of hydrogen-bond acceptors (Lipinski definition) is 6. The van der Waals surface area contributed by atoms with Crippen molar-refractivity contribution in [3.63, 3.8) is 0 Å². The van der Waals surface area contributed by atoms with Gasteiger partial charge in [-0.25, -0.2) is 9.97 Å². The summed E-state index contributed by atoms with van der Waals surface area (Å²) in [5.41, 5.74) is 5.00. The summed E-state index contributed by atoms with van der Waals surface area (Å²) in [6.07, 6.45) is 3.45. The SMILES string of the molecule is CC(C)C(=O)Nc1ccc(-c2ccnc(Cc3ccc(CCN4CCNCC4)cc3)n2)cc1C#N. The van der Waals surface area contributed by atoms with E-state index >= 15 is 0 Å². The first-order chi connectivity index (χ1) is 17.0. The lowest BCUT2D eigenvalue weighted by Gasteiger charge is -2.27. The molecule has 0 spiro atoms. The first kappa shape index (κ1) is 24.5. The zero-order valence-electron chi connectivity index (χ0n) is 20.4. The van der Waals surface area contributed by atoms with Gasteiger partial charge in [-0.15, -0.1) is 0 Å². The van der Waals surface area contributed by atoms with Gasteiger partial charge in [-0.2, -0.15) is 5.26 Å². The predicted octanol–water partition coefficient (Wildman–Crippen LogP) is 3.65. The highest BCUT2D eigenvalue weighted by Crippen LogP contribution is 2.24. The molecule has 1 aliphatic rings. The maximum Gasteiger partial charge on any atom is 0.226 e. The summed E-state index contributed by atoms with van der Waals surface area (Å²) < 4.78 is 0. The minimum atomic E-state index is -0.160. The Bertz CT molecular complexity index is 1190. The number of amides is 1. The van der Waals surface area contributed by atoms with Crippen molar-refractivity contribution in [3.8, 4) is 17.3 Å². The number of benzene rings is 2. The molecule has 0 radical (unpaired) electrons. The van der Waals surface area contributed by atoms with Gasteiger partial charge >= 0.3 is 0 Å². The quantitative estimate of drug-likeness (QED) is 0.524. The Labute approximate surface area is 207 Å². The largest absolute Gasteiger partial charge is 0.325 e. The van der Waals surface area contributed by atoms with Gasteiger partial charge in [-0.3, -0.25) is 4.79 Å². The monoisotopic (exact) mass is 468 g/mol. The molecule has 0 bridgehead atoms. The first-order valence-corrected chi connectivity index (χ1v) is 12.2. The number of anilines is 1. The number of piperazine rings is 1. The zero-order chi connectivity index (χ0) is 24.6. The summed E-state index contributed by atoms with van der Waals surface area (Å²) in [5, 5.41) is 15.8. The standard InChI is InChI=1S/C28H32N6O/c1-20(2)28(35)33-25-8-7-23(18-24(25)19-29)26-9-11-31-27(32-26)17-22-5-3-21(4-6-22)10-14-34-15-12-30-13-16-34/h3-9,11,18,20,30H,10,12-17H2,1-2H3,(H,33,35). The van der Waals surface area contributed by atoms with Crippen molar-refractivity contribution in [2.75, 3.05) is 38.0 Å². The third-order valence-corrected chi connectivity index (χ3v) is 6.24. The van der Waals surface area contributed by atoms with Crippen LogP contribution < -0.4 is 10.6 Å². The van der Waals surface area contributed by atoms with E-state index in [4.69, 9.17) is 4.98 Å². The average molecular weight is 469 g/mol. The minimum Gasteiger partial charge on any atom is -0.325 e. The van der Waals surface area contributed by atoms with E-state index in [1.807, 2.05) is 26.0 Å². The maximum atomic E-state index is 12.0. The van der Waals surface area contributed by atoms with Gasteiger partial charge < -0.3 is 15.5 Å². The van der Waals surface area contributed by atoms with Crippen molar-refractivity contribution >= 4 is 11.6 Å². The third kappa shape index (κ3) is 6.72. The van der Waals surface area contributed by atoms with E-state index in [0.29, 0.717) is 17.7 Å². The Kier molecular flexibility index (Phi) is 8.19. The molecule has 7 heteroatoms. The van der Waals surface area contributed by atoms with Crippen LogP contribution in [-0.2, 0) is 17.6 Å². The summed E-state index contributed by atoms with van der Waals surface area (Å²) in [7, 11) is 0. The second-order valence-electron chi connectivity index (χ2n) is 9.21. The number of carbonyl (C=O) groups is 1. The van der Waals surface area contributed by atoms with Crippen LogP contribution in [-0.4, -0.2) is 53.5 Å². The average Bonchev–Trinajstić information content (AvgIpc) is 2.89. The molecule has 2 aromatic carbocycles. The number of rotatable bonds is 8. The first-order valence-electron chi connectivity index (χ1n) is 12.2. The van der Waals surface area contributed by atoms with E-state index in [2.05, 4.69) is 50.9 Å². The highest BCUT2D eigenvalue weighted by Gasteiger charge is 2.13. The van der Waals surface area contributed by atoms with Crippen molar-refractivity contribution in [2.24, 2.45) is 5.92 Å². The molecular formula is C28H32N6O. The predicted molar refractivity (Wildman–Crippen MR) is 138 cm³/mol. The van der Waals surface area contributed by atoms with E-state index in [1.54, 1.807) is 18.3 Å². The number of nitrogens with one attached hydrogen (secondary N) is 2. The second-order valence-corrected chi connectivity index (χ2v) is 9.21. The smallest absolute Gasteiger partial charge is 0.226 e. The molecule has 3 aromatic rings. The van der Waals surface area contributed by atoms with Gasteiger partial charge in [-0.1, -0.05) is 44.2 Å². The topological polar surface area (TPSA) is 93.9 Å². The molecule has 4 rings (SSSR count). The molecule has 1 aromatic heterocycles. The number of nitrogens with zero attached hydrogens (tertiary/aromatic N) is 4. The van der Waals surface area contributed by atoms with Crippen LogP contribution in [0, 0.1) is 17.2 Å². The molecule has 180 valence electrons. The lowest BCUT2D eigenvalue weighted by Crippen LogP contribution is -2.44. The molecule has 0 saturated carbocycles. The molecule has 35 heavy (non-hydrogen) atoms. The lowest BCUT2D eigenvalue weighted by molar-refractivity contribution is -0.118. The highest BCUT2D eigenvalue weighted by atomic mass is 16.1. The molecule has 7 nitrogen and oxygen atoms in total.